The van der Waals surface area contributed by atoms with Gasteiger partial charge in [0.15, 0.2) is 0 Å². The van der Waals surface area contributed by atoms with E-state index < -0.39 is 6.98 Å². The van der Waals surface area contributed by atoms with Crippen molar-refractivity contribution in [1.29, 1.82) is 0 Å². The molecule has 0 bridgehead atoms. The molecule has 3 rings (SSSR count). The van der Waals surface area contributed by atoms with Crippen LogP contribution in [0.25, 0.3) is 22.2 Å². The highest BCUT2D eigenvalue weighted by Gasteiger charge is 2.09. The fourth-order valence-corrected chi connectivity index (χ4v) is 2.02. The van der Waals surface area contributed by atoms with Crippen LogP contribution in [-0.4, -0.2) is 14.5 Å². The summed E-state index contributed by atoms with van der Waals surface area (Å²) in [5, 5.41) is 0.951. The number of rotatable bonds is 1. The summed E-state index contributed by atoms with van der Waals surface area (Å²) in [6.07, 6.45) is 3.13. The van der Waals surface area contributed by atoms with Gasteiger partial charge in [0.2, 0.25) is 5.28 Å². The summed E-state index contributed by atoms with van der Waals surface area (Å²) in [6.45, 7) is -2.24. The molecule has 0 amide bonds. The third kappa shape index (κ3) is 1.68. The first-order chi connectivity index (χ1) is 9.47. The maximum Gasteiger partial charge on any atom is 0.222 e. The van der Waals surface area contributed by atoms with Crippen molar-refractivity contribution in [2.24, 2.45) is 6.98 Å². The first-order valence-corrected chi connectivity index (χ1v) is 5.44. The summed E-state index contributed by atoms with van der Waals surface area (Å²) in [4.78, 5) is 7.98. The molecule has 17 heavy (non-hydrogen) atoms. The van der Waals surface area contributed by atoms with E-state index in [-0.39, 0.29) is 5.28 Å². The monoisotopic (exact) mass is 246 g/mol. The molecular formula is C13H10ClN3. The lowest BCUT2D eigenvalue weighted by Gasteiger charge is -1.98. The molecule has 4 heteroatoms. The SMILES string of the molecule is [2H]C([2H])([2H])n1cc(-c2ccnc(Cl)n2)c2ccccc21. The molecule has 84 valence electrons. The molecule has 2 heterocycles. The van der Waals surface area contributed by atoms with Gasteiger partial charge in [-0.15, -0.1) is 0 Å². The molecule has 0 unspecified atom stereocenters. The molecule has 0 fully saturated rings. The van der Waals surface area contributed by atoms with Gasteiger partial charge in [-0.3, -0.25) is 0 Å². The average Bonchev–Trinajstić information content (AvgIpc) is 2.78. The van der Waals surface area contributed by atoms with Gasteiger partial charge in [0.25, 0.3) is 0 Å². The molecule has 0 aliphatic carbocycles. The molecule has 0 saturated heterocycles. The maximum atomic E-state index is 7.61. The van der Waals surface area contributed by atoms with E-state index in [4.69, 9.17) is 15.7 Å². The highest BCUT2D eigenvalue weighted by atomic mass is 35.5. The highest BCUT2D eigenvalue weighted by molar-refractivity contribution is 6.28. The van der Waals surface area contributed by atoms with Crippen molar-refractivity contribution in [3.63, 3.8) is 0 Å². The van der Waals surface area contributed by atoms with Crippen LogP contribution < -0.4 is 0 Å². The molecule has 3 aromatic rings. The average molecular weight is 247 g/mol. The Morgan fingerprint density at radius 1 is 1.29 bits per heavy atom. The number of benzene rings is 1. The number of halogens is 1. The second-order valence-corrected chi connectivity index (χ2v) is 3.98. The van der Waals surface area contributed by atoms with Gasteiger partial charge in [-0.05, 0) is 23.7 Å². The van der Waals surface area contributed by atoms with E-state index in [1.807, 2.05) is 12.1 Å². The molecule has 0 spiro atoms. The molecule has 0 aliphatic heterocycles. The summed E-state index contributed by atoms with van der Waals surface area (Å²) >= 11 is 5.80. The van der Waals surface area contributed by atoms with Crippen molar-refractivity contribution in [2.75, 3.05) is 0 Å². The van der Waals surface area contributed by atoms with Crippen LogP contribution in [0.1, 0.15) is 4.11 Å². The van der Waals surface area contributed by atoms with Gasteiger partial charge in [-0.2, -0.15) is 0 Å². The van der Waals surface area contributed by atoms with E-state index in [0.717, 1.165) is 10.9 Å². The zero-order chi connectivity index (χ0) is 14.3. The van der Waals surface area contributed by atoms with Crippen molar-refractivity contribution >= 4 is 22.5 Å². The van der Waals surface area contributed by atoms with Crippen molar-refractivity contribution in [1.82, 2.24) is 14.5 Å². The standard InChI is InChI=1S/C13H10ClN3/c1-17-8-10(9-4-2-3-5-12(9)17)11-6-7-15-13(14)16-11/h2-8H,1H3/i1D3. The number of fused-ring (bicyclic) bond motifs is 1. The van der Waals surface area contributed by atoms with E-state index in [0.29, 0.717) is 11.2 Å². The minimum absolute atomic E-state index is 0.133. The van der Waals surface area contributed by atoms with Crippen molar-refractivity contribution in [2.45, 2.75) is 0 Å². The Hall–Kier alpha value is -1.87. The van der Waals surface area contributed by atoms with Gasteiger partial charge in [0.05, 0.1) is 5.69 Å². The zero-order valence-electron chi connectivity index (χ0n) is 11.8. The van der Waals surface area contributed by atoms with Gasteiger partial charge in [0, 0.05) is 39.9 Å². The molecule has 1 aromatic carbocycles. The quantitative estimate of drug-likeness (QED) is 0.617. The van der Waals surface area contributed by atoms with Crippen LogP contribution in [0.5, 0.6) is 0 Å². The van der Waals surface area contributed by atoms with Crippen molar-refractivity contribution in [3.8, 4) is 11.3 Å². The summed E-state index contributed by atoms with van der Waals surface area (Å²) in [5.74, 6) is 0. The van der Waals surface area contributed by atoms with Crippen molar-refractivity contribution < 1.29 is 4.11 Å². The number of aromatic nitrogens is 3. The molecule has 0 N–H and O–H groups in total. The van der Waals surface area contributed by atoms with Gasteiger partial charge in [0.1, 0.15) is 0 Å². The van der Waals surface area contributed by atoms with Gasteiger partial charge in [-0.25, -0.2) is 9.97 Å². The largest absolute Gasteiger partial charge is 0.350 e. The predicted octanol–water partition coefficient (Wildman–Crippen LogP) is 3.29. The van der Waals surface area contributed by atoms with E-state index in [1.54, 1.807) is 30.6 Å². The third-order valence-corrected chi connectivity index (χ3v) is 2.80. The Balaban J connectivity index is 2.32. The van der Waals surface area contributed by atoms with Gasteiger partial charge >= 0.3 is 0 Å². The number of hydrogen-bond donors (Lipinski definition) is 0. The topological polar surface area (TPSA) is 30.7 Å². The summed E-state index contributed by atoms with van der Waals surface area (Å²) < 4.78 is 24.1. The molecule has 0 radical (unpaired) electrons. The van der Waals surface area contributed by atoms with Gasteiger partial charge in [-0.1, -0.05) is 18.2 Å². The van der Waals surface area contributed by atoms with Crippen LogP contribution in [0.3, 0.4) is 0 Å². The zero-order valence-corrected chi connectivity index (χ0v) is 9.52. The summed E-state index contributed by atoms with van der Waals surface area (Å²) in [5.41, 5.74) is 1.96. The lowest BCUT2D eigenvalue weighted by molar-refractivity contribution is 0.969. The fourth-order valence-electron chi connectivity index (χ4n) is 1.87. The predicted molar refractivity (Wildman–Crippen MR) is 69.0 cm³/mol. The van der Waals surface area contributed by atoms with Crippen LogP contribution in [0, 0.1) is 0 Å². The van der Waals surface area contributed by atoms with E-state index in [1.165, 1.54) is 4.57 Å². The summed E-state index contributed by atoms with van der Waals surface area (Å²) in [6, 6.07) is 9.01. The van der Waals surface area contributed by atoms with E-state index in [9.17, 15) is 0 Å². The Morgan fingerprint density at radius 2 is 2.18 bits per heavy atom. The smallest absolute Gasteiger partial charge is 0.222 e. The molecule has 0 aliphatic rings. The Morgan fingerprint density at radius 3 is 3.00 bits per heavy atom. The number of aryl methyl sites for hydroxylation is 1. The molecule has 2 aromatic heterocycles. The maximum absolute atomic E-state index is 7.61. The minimum atomic E-state index is -2.24. The third-order valence-electron chi connectivity index (χ3n) is 2.61. The second-order valence-electron chi connectivity index (χ2n) is 3.64. The van der Waals surface area contributed by atoms with Crippen LogP contribution in [-0.2, 0) is 6.98 Å². The highest BCUT2D eigenvalue weighted by Crippen LogP contribution is 2.28. The summed E-state index contributed by atoms with van der Waals surface area (Å²) in [7, 11) is 0. The number of nitrogens with zero attached hydrogens (tertiary/aromatic N) is 3. The Labute approximate surface area is 108 Å². The van der Waals surface area contributed by atoms with Crippen LogP contribution >= 0.6 is 11.6 Å². The van der Waals surface area contributed by atoms with Crippen LogP contribution in [0.2, 0.25) is 5.28 Å². The molecule has 0 atom stereocenters. The van der Waals surface area contributed by atoms with Crippen LogP contribution in [0.15, 0.2) is 42.7 Å². The fraction of sp³-hybridized carbons (Fsp3) is 0.0769. The molecular weight excluding hydrogens is 234 g/mol. The second kappa shape index (κ2) is 3.86. The normalized spacial score (nSPS) is 14.3. The number of hydrogen-bond acceptors (Lipinski definition) is 2. The van der Waals surface area contributed by atoms with E-state index in [2.05, 4.69) is 9.97 Å². The minimum Gasteiger partial charge on any atom is -0.350 e. The van der Waals surface area contributed by atoms with E-state index >= 15 is 0 Å². The number of para-hydroxylation sites is 1. The molecule has 3 nitrogen and oxygen atoms in total. The molecule has 0 saturated carbocycles. The lowest BCUT2D eigenvalue weighted by Crippen LogP contribution is -1.85. The van der Waals surface area contributed by atoms with Gasteiger partial charge < -0.3 is 4.57 Å². The van der Waals surface area contributed by atoms with Crippen molar-refractivity contribution in [3.05, 3.63) is 48.0 Å². The first kappa shape index (κ1) is 7.45. The Bertz CT molecular complexity index is 780. The lowest BCUT2D eigenvalue weighted by atomic mass is 10.1. The Kier molecular flexibility index (Phi) is 1.69. The van der Waals surface area contributed by atoms with Crippen LogP contribution in [0.4, 0.5) is 0 Å². The first-order valence-electron chi connectivity index (χ1n) is 6.56.